The Bertz CT molecular complexity index is 483. The van der Waals surface area contributed by atoms with Crippen molar-refractivity contribution in [1.82, 2.24) is 15.5 Å². The molecule has 1 aromatic carbocycles. The number of nitrogens with one attached hydrogen (secondary N) is 2. The van der Waals surface area contributed by atoms with Gasteiger partial charge in [0.2, 0.25) is 0 Å². The van der Waals surface area contributed by atoms with Crippen molar-refractivity contribution in [1.29, 1.82) is 0 Å². The predicted octanol–water partition coefficient (Wildman–Crippen LogP) is 2.88. The lowest BCUT2D eigenvalue weighted by Crippen LogP contribution is -2.46. The van der Waals surface area contributed by atoms with Crippen LogP contribution in [0, 0.1) is 0 Å². The molecule has 0 aliphatic carbocycles. The van der Waals surface area contributed by atoms with E-state index in [4.69, 9.17) is 11.6 Å². The summed E-state index contributed by atoms with van der Waals surface area (Å²) in [7, 11) is 1.80. The Hall–Kier alpha value is -1.26. The highest BCUT2D eigenvalue weighted by Crippen LogP contribution is 2.15. The van der Waals surface area contributed by atoms with Gasteiger partial charge in [0.1, 0.15) is 0 Å². The van der Waals surface area contributed by atoms with Crippen molar-refractivity contribution in [3.05, 3.63) is 34.9 Å². The van der Waals surface area contributed by atoms with Gasteiger partial charge in [-0.2, -0.15) is 0 Å². The first-order valence-corrected chi connectivity index (χ1v) is 8.54. The Morgan fingerprint density at radius 3 is 2.64 bits per heavy atom. The second-order valence-electron chi connectivity index (χ2n) is 5.70. The van der Waals surface area contributed by atoms with E-state index in [1.54, 1.807) is 7.05 Å². The van der Waals surface area contributed by atoms with Crippen molar-refractivity contribution in [2.75, 3.05) is 26.7 Å². The summed E-state index contributed by atoms with van der Waals surface area (Å²) in [6.45, 7) is 6.32. The van der Waals surface area contributed by atoms with Gasteiger partial charge in [0, 0.05) is 31.2 Å². The zero-order valence-electron chi connectivity index (χ0n) is 13.6. The van der Waals surface area contributed by atoms with E-state index in [-0.39, 0.29) is 0 Å². The maximum absolute atomic E-state index is 6.18. The van der Waals surface area contributed by atoms with Crippen molar-refractivity contribution in [3.8, 4) is 0 Å². The van der Waals surface area contributed by atoms with Crippen LogP contribution in [-0.4, -0.2) is 43.6 Å². The summed E-state index contributed by atoms with van der Waals surface area (Å²) in [5.74, 6) is 0.831. The highest BCUT2D eigenvalue weighted by molar-refractivity contribution is 6.31. The van der Waals surface area contributed by atoms with Crippen LogP contribution in [-0.2, 0) is 6.54 Å². The van der Waals surface area contributed by atoms with Crippen LogP contribution in [0.4, 0.5) is 0 Å². The number of hydrogen-bond donors (Lipinski definition) is 2. The van der Waals surface area contributed by atoms with E-state index in [9.17, 15) is 0 Å². The first-order chi connectivity index (χ1) is 10.7. The fourth-order valence-corrected chi connectivity index (χ4v) is 3.10. The number of hydrogen-bond acceptors (Lipinski definition) is 2. The van der Waals surface area contributed by atoms with Crippen LogP contribution in [0.3, 0.4) is 0 Å². The molecule has 1 heterocycles. The number of rotatable bonds is 6. The lowest BCUT2D eigenvalue weighted by Gasteiger charge is -2.27. The zero-order chi connectivity index (χ0) is 15.8. The van der Waals surface area contributed by atoms with Gasteiger partial charge in [-0.25, -0.2) is 0 Å². The number of nitrogens with zero attached hydrogens (tertiary/aromatic N) is 2. The molecule has 1 unspecified atom stereocenters. The molecule has 0 aromatic heterocycles. The van der Waals surface area contributed by atoms with Gasteiger partial charge >= 0.3 is 0 Å². The van der Waals surface area contributed by atoms with Crippen LogP contribution in [0.1, 0.15) is 31.7 Å². The molecular formula is C17H27ClN4. The normalized spacial score (nSPS) is 17.5. The molecule has 5 heteroatoms. The highest BCUT2D eigenvalue weighted by Gasteiger charge is 2.20. The molecule has 0 spiro atoms. The molecule has 1 atom stereocenters. The quantitative estimate of drug-likeness (QED) is 0.625. The second kappa shape index (κ2) is 9.01. The SMILES string of the molecule is CCC(CNC(=NC)NCc1ccccc1Cl)N1CCCC1. The molecule has 1 fully saturated rings. The van der Waals surface area contributed by atoms with E-state index >= 15 is 0 Å². The summed E-state index contributed by atoms with van der Waals surface area (Å²) >= 11 is 6.18. The van der Waals surface area contributed by atoms with E-state index in [1.807, 2.05) is 24.3 Å². The highest BCUT2D eigenvalue weighted by atomic mass is 35.5. The van der Waals surface area contributed by atoms with E-state index in [0.29, 0.717) is 12.6 Å². The number of aliphatic imine (C=N–C) groups is 1. The third kappa shape index (κ3) is 4.89. The Morgan fingerprint density at radius 2 is 2.00 bits per heavy atom. The minimum Gasteiger partial charge on any atom is -0.355 e. The molecule has 0 radical (unpaired) electrons. The molecule has 0 amide bonds. The lowest BCUT2D eigenvalue weighted by molar-refractivity contribution is 0.236. The van der Waals surface area contributed by atoms with Crippen LogP contribution < -0.4 is 10.6 Å². The average molecular weight is 323 g/mol. The van der Waals surface area contributed by atoms with Gasteiger partial charge in [-0.05, 0) is 44.0 Å². The largest absolute Gasteiger partial charge is 0.355 e. The smallest absolute Gasteiger partial charge is 0.191 e. The summed E-state index contributed by atoms with van der Waals surface area (Å²) in [6.07, 6.45) is 3.82. The van der Waals surface area contributed by atoms with Crippen molar-refractivity contribution >= 4 is 17.6 Å². The third-order valence-corrected chi connectivity index (χ3v) is 4.63. The minimum atomic E-state index is 0.585. The maximum atomic E-state index is 6.18. The lowest BCUT2D eigenvalue weighted by atomic mass is 10.2. The number of halogens is 1. The van der Waals surface area contributed by atoms with Crippen LogP contribution in [0.5, 0.6) is 0 Å². The third-order valence-electron chi connectivity index (χ3n) is 4.26. The Labute approximate surface area is 138 Å². The van der Waals surface area contributed by atoms with Gasteiger partial charge in [-0.3, -0.25) is 9.89 Å². The second-order valence-corrected chi connectivity index (χ2v) is 6.11. The van der Waals surface area contributed by atoms with Crippen molar-refractivity contribution in [3.63, 3.8) is 0 Å². The van der Waals surface area contributed by atoms with Gasteiger partial charge in [0.15, 0.2) is 5.96 Å². The summed E-state index contributed by atoms with van der Waals surface area (Å²) in [5.41, 5.74) is 1.08. The average Bonchev–Trinajstić information content (AvgIpc) is 3.06. The molecule has 1 aliphatic rings. The molecule has 0 saturated carbocycles. The minimum absolute atomic E-state index is 0.585. The van der Waals surface area contributed by atoms with E-state index < -0.39 is 0 Å². The summed E-state index contributed by atoms with van der Waals surface area (Å²) < 4.78 is 0. The van der Waals surface area contributed by atoms with Gasteiger partial charge < -0.3 is 10.6 Å². The van der Waals surface area contributed by atoms with Gasteiger partial charge in [-0.1, -0.05) is 36.7 Å². The fraction of sp³-hybridized carbons (Fsp3) is 0.588. The van der Waals surface area contributed by atoms with Crippen LogP contribution >= 0.6 is 11.6 Å². The van der Waals surface area contributed by atoms with E-state index in [2.05, 4.69) is 27.4 Å². The number of guanidine groups is 1. The molecule has 4 nitrogen and oxygen atoms in total. The van der Waals surface area contributed by atoms with Crippen molar-refractivity contribution < 1.29 is 0 Å². The summed E-state index contributed by atoms with van der Waals surface area (Å²) in [6, 6.07) is 8.47. The van der Waals surface area contributed by atoms with Crippen molar-refractivity contribution in [2.24, 2.45) is 4.99 Å². The van der Waals surface area contributed by atoms with E-state index in [1.165, 1.54) is 25.9 Å². The molecule has 1 aromatic rings. The Kier molecular flexibility index (Phi) is 7.00. The first-order valence-electron chi connectivity index (χ1n) is 8.16. The predicted molar refractivity (Wildman–Crippen MR) is 94.5 cm³/mol. The summed E-state index contributed by atoms with van der Waals surface area (Å²) in [5, 5.41) is 7.56. The standard InChI is InChI=1S/C17H27ClN4/c1-3-15(22-10-6-7-11-22)13-21-17(19-2)20-12-14-8-4-5-9-16(14)18/h4-5,8-9,15H,3,6-7,10-13H2,1-2H3,(H2,19,20,21). The fourth-order valence-electron chi connectivity index (χ4n) is 2.89. The zero-order valence-corrected chi connectivity index (χ0v) is 14.4. The van der Waals surface area contributed by atoms with Crippen LogP contribution in [0.15, 0.2) is 29.3 Å². The topological polar surface area (TPSA) is 39.7 Å². The van der Waals surface area contributed by atoms with E-state index in [0.717, 1.165) is 29.5 Å². The summed E-state index contributed by atoms with van der Waals surface area (Å²) in [4.78, 5) is 6.88. The Morgan fingerprint density at radius 1 is 1.27 bits per heavy atom. The van der Waals surface area contributed by atoms with Crippen LogP contribution in [0.25, 0.3) is 0 Å². The Balaban J connectivity index is 1.80. The molecule has 122 valence electrons. The first kappa shape index (κ1) is 17.1. The number of benzene rings is 1. The van der Waals surface area contributed by atoms with Gasteiger partial charge in [0.25, 0.3) is 0 Å². The molecule has 2 N–H and O–H groups in total. The van der Waals surface area contributed by atoms with Crippen molar-refractivity contribution in [2.45, 2.75) is 38.8 Å². The molecule has 0 bridgehead atoms. The molecule has 1 aliphatic heterocycles. The molecular weight excluding hydrogens is 296 g/mol. The van der Waals surface area contributed by atoms with Gasteiger partial charge in [-0.15, -0.1) is 0 Å². The molecule has 2 rings (SSSR count). The number of likely N-dealkylation sites (tertiary alicyclic amines) is 1. The van der Waals surface area contributed by atoms with Crippen LogP contribution in [0.2, 0.25) is 5.02 Å². The monoisotopic (exact) mass is 322 g/mol. The molecule has 22 heavy (non-hydrogen) atoms. The maximum Gasteiger partial charge on any atom is 0.191 e. The van der Waals surface area contributed by atoms with Gasteiger partial charge in [0.05, 0.1) is 0 Å². The molecule has 1 saturated heterocycles.